The molecule has 0 radical (unpaired) electrons. The molecule has 18 heavy (non-hydrogen) atoms. The Morgan fingerprint density at radius 3 is 2.39 bits per heavy atom. The number of hydrogen-bond donors (Lipinski definition) is 1. The molecule has 0 spiro atoms. The van der Waals surface area contributed by atoms with Gasteiger partial charge in [-0.25, -0.2) is 4.79 Å². The van der Waals surface area contributed by atoms with Gasteiger partial charge in [-0.15, -0.1) is 11.8 Å². The van der Waals surface area contributed by atoms with E-state index in [0.29, 0.717) is 6.08 Å². The van der Waals surface area contributed by atoms with Crippen molar-refractivity contribution in [1.82, 2.24) is 0 Å². The van der Waals surface area contributed by atoms with Crippen molar-refractivity contribution in [2.75, 3.05) is 0 Å². The van der Waals surface area contributed by atoms with E-state index in [4.69, 9.17) is 15.6 Å². The van der Waals surface area contributed by atoms with Gasteiger partial charge < -0.3 is 5.11 Å². The molecular formula is C10H5F3N2O2S. The Hall–Kier alpha value is -1.93. The normalized spacial score (nSPS) is 20.5. The molecule has 0 saturated heterocycles. The number of hydrogen-bond acceptors (Lipinski definition) is 4. The van der Waals surface area contributed by atoms with Crippen molar-refractivity contribution in [2.45, 2.75) is 17.8 Å². The molecule has 1 heterocycles. The molecule has 0 fully saturated rings. The first-order valence-corrected chi connectivity index (χ1v) is 5.40. The summed E-state index contributed by atoms with van der Waals surface area (Å²) in [7, 11) is 0. The predicted octanol–water partition coefficient (Wildman–Crippen LogP) is 2.37. The number of nitriles is 2. The highest BCUT2D eigenvalue weighted by molar-refractivity contribution is 8.04. The second-order valence-corrected chi connectivity index (χ2v) is 4.52. The molecular weight excluding hydrogens is 269 g/mol. The summed E-state index contributed by atoms with van der Waals surface area (Å²) in [5.74, 6) is -2.08. The van der Waals surface area contributed by atoms with Crippen LogP contribution in [-0.4, -0.2) is 22.5 Å². The largest absolute Gasteiger partial charge is 0.478 e. The highest BCUT2D eigenvalue weighted by atomic mass is 32.2. The number of aliphatic carboxylic acids is 1. The summed E-state index contributed by atoms with van der Waals surface area (Å²) < 4.78 is 37.1. The highest BCUT2D eigenvalue weighted by Crippen LogP contribution is 2.39. The third kappa shape index (κ3) is 3.05. The van der Waals surface area contributed by atoms with E-state index in [0.717, 1.165) is 11.8 Å². The molecule has 1 rings (SSSR count). The van der Waals surface area contributed by atoms with E-state index in [-0.39, 0.29) is 16.9 Å². The first kappa shape index (κ1) is 14.1. The third-order valence-electron chi connectivity index (χ3n) is 2.07. The molecule has 0 aromatic heterocycles. The summed E-state index contributed by atoms with van der Waals surface area (Å²) in [6.07, 6.45) is -4.50. The Bertz CT molecular complexity index is 497. The molecule has 0 amide bonds. The number of nitrogens with zero attached hydrogens (tertiary/aromatic N) is 2. The third-order valence-corrected chi connectivity index (χ3v) is 3.25. The average Bonchev–Trinajstić information content (AvgIpc) is 2.66. The number of carboxylic acids is 1. The number of thioether (sulfide) groups is 1. The Labute approximate surface area is 104 Å². The van der Waals surface area contributed by atoms with Crippen molar-refractivity contribution in [1.29, 1.82) is 10.5 Å². The Morgan fingerprint density at radius 1 is 1.44 bits per heavy atom. The van der Waals surface area contributed by atoms with Crippen LogP contribution >= 0.6 is 11.8 Å². The van der Waals surface area contributed by atoms with Crippen LogP contribution in [0.2, 0.25) is 0 Å². The maximum atomic E-state index is 12.4. The molecule has 1 aliphatic heterocycles. The first-order valence-electron chi connectivity index (χ1n) is 4.52. The van der Waals surface area contributed by atoms with Gasteiger partial charge in [0.2, 0.25) is 0 Å². The van der Waals surface area contributed by atoms with E-state index in [2.05, 4.69) is 0 Å². The lowest BCUT2D eigenvalue weighted by molar-refractivity contribution is -0.144. The summed E-state index contributed by atoms with van der Waals surface area (Å²) in [5.41, 5.74) is -1.60. The van der Waals surface area contributed by atoms with E-state index in [1.165, 1.54) is 0 Å². The smallest absolute Gasteiger partial charge is 0.423 e. The van der Waals surface area contributed by atoms with Crippen LogP contribution in [0, 0.1) is 22.7 Å². The average molecular weight is 274 g/mol. The Balaban J connectivity index is 2.98. The zero-order valence-electron chi connectivity index (χ0n) is 8.65. The van der Waals surface area contributed by atoms with Crippen LogP contribution in [0.5, 0.6) is 0 Å². The summed E-state index contributed by atoms with van der Waals surface area (Å²) >= 11 is 0.761. The first-order chi connectivity index (χ1) is 8.29. The molecule has 0 aliphatic carbocycles. The van der Waals surface area contributed by atoms with Gasteiger partial charge in [0.1, 0.15) is 11.6 Å². The highest BCUT2D eigenvalue weighted by Gasteiger charge is 2.40. The molecule has 1 aliphatic rings. The van der Waals surface area contributed by atoms with Crippen LogP contribution in [-0.2, 0) is 4.79 Å². The fourth-order valence-electron chi connectivity index (χ4n) is 1.31. The Morgan fingerprint density at radius 2 is 2.06 bits per heavy atom. The van der Waals surface area contributed by atoms with Crippen LogP contribution in [0.4, 0.5) is 13.2 Å². The van der Waals surface area contributed by atoms with Crippen molar-refractivity contribution in [3.8, 4) is 12.1 Å². The molecule has 1 N–H and O–H groups in total. The van der Waals surface area contributed by atoms with E-state index in [1.807, 2.05) is 0 Å². The molecule has 94 valence electrons. The zero-order chi connectivity index (χ0) is 13.9. The lowest BCUT2D eigenvalue weighted by Crippen LogP contribution is -2.21. The van der Waals surface area contributed by atoms with Crippen LogP contribution < -0.4 is 0 Å². The quantitative estimate of drug-likeness (QED) is 0.781. The van der Waals surface area contributed by atoms with Crippen LogP contribution in [0.15, 0.2) is 22.1 Å². The minimum Gasteiger partial charge on any atom is -0.478 e. The van der Waals surface area contributed by atoms with Crippen LogP contribution in [0.1, 0.15) is 6.42 Å². The maximum Gasteiger partial charge on any atom is 0.423 e. The van der Waals surface area contributed by atoms with E-state index in [9.17, 15) is 18.0 Å². The topological polar surface area (TPSA) is 84.9 Å². The molecule has 4 nitrogen and oxygen atoms in total. The molecule has 0 bridgehead atoms. The summed E-state index contributed by atoms with van der Waals surface area (Å²) in [6, 6.07) is 3.41. The Kier molecular flexibility index (Phi) is 4.04. The minimum absolute atomic E-state index is 0.0330. The van der Waals surface area contributed by atoms with Crippen molar-refractivity contribution in [2.24, 2.45) is 0 Å². The van der Waals surface area contributed by atoms with Gasteiger partial charge in [-0.05, 0) is 0 Å². The van der Waals surface area contributed by atoms with Crippen molar-refractivity contribution in [3.05, 3.63) is 22.1 Å². The number of halogens is 3. The number of carboxylic acid groups (broad SMARTS) is 1. The summed E-state index contributed by atoms with van der Waals surface area (Å²) in [6.45, 7) is 0. The van der Waals surface area contributed by atoms with Crippen LogP contribution in [0.25, 0.3) is 0 Å². The number of carbonyl (C=O) groups is 1. The van der Waals surface area contributed by atoms with Gasteiger partial charge in [-0.3, -0.25) is 0 Å². The second-order valence-electron chi connectivity index (χ2n) is 3.27. The van der Waals surface area contributed by atoms with Gasteiger partial charge in [0.25, 0.3) is 0 Å². The van der Waals surface area contributed by atoms with Crippen molar-refractivity contribution < 1.29 is 23.1 Å². The van der Waals surface area contributed by atoms with Gasteiger partial charge >= 0.3 is 12.1 Å². The number of alkyl halides is 3. The standard InChI is InChI=1S/C10H5F3N2O2S/c11-10(12,13)7(9(16)17)2-6-1-5(3-14)8(4-15)18-6/h2,6H,1H2,(H,16,17). The summed E-state index contributed by atoms with van der Waals surface area (Å²) in [4.78, 5) is 10.5. The maximum absolute atomic E-state index is 12.4. The fourth-order valence-corrected chi connectivity index (χ4v) is 2.39. The number of rotatable bonds is 2. The summed E-state index contributed by atoms with van der Waals surface area (Å²) in [5, 5.41) is 24.9. The molecule has 8 heteroatoms. The van der Waals surface area contributed by atoms with Gasteiger partial charge in [-0.2, -0.15) is 23.7 Å². The molecule has 0 saturated carbocycles. The molecule has 0 aromatic carbocycles. The SMILES string of the molecule is N#CC1=C(C#N)SC(C=C(C(=O)O)C(F)(F)F)C1. The van der Waals surface area contributed by atoms with Crippen molar-refractivity contribution >= 4 is 17.7 Å². The molecule has 0 aromatic rings. The molecule has 1 atom stereocenters. The van der Waals surface area contributed by atoms with Gasteiger partial charge in [0.15, 0.2) is 0 Å². The van der Waals surface area contributed by atoms with Gasteiger partial charge in [0.05, 0.1) is 16.5 Å². The van der Waals surface area contributed by atoms with Crippen molar-refractivity contribution in [3.63, 3.8) is 0 Å². The lowest BCUT2D eigenvalue weighted by Gasteiger charge is -2.09. The van der Waals surface area contributed by atoms with E-state index < -0.39 is 23.0 Å². The second kappa shape index (κ2) is 5.15. The zero-order valence-corrected chi connectivity index (χ0v) is 9.47. The lowest BCUT2D eigenvalue weighted by atomic mass is 10.1. The van der Waals surface area contributed by atoms with Gasteiger partial charge in [-0.1, -0.05) is 6.08 Å². The fraction of sp³-hybridized carbons (Fsp3) is 0.300. The minimum atomic E-state index is -4.96. The number of allylic oxidation sites excluding steroid dienone is 2. The van der Waals surface area contributed by atoms with Crippen LogP contribution in [0.3, 0.4) is 0 Å². The predicted molar refractivity (Wildman–Crippen MR) is 56.0 cm³/mol. The monoisotopic (exact) mass is 274 g/mol. The van der Waals surface area contributed by atoms with E-state index in [1.54, 1.807) is 12.1 Å². The molecule has 1 unspecified atom stereocenters. The van der Waals surface area contributed by atoms with Gasteiger partial charge in [0, 0.05) is 11.7 Å². The van der Waals surface area contributed by atoms with E-state index >= 15 is 0 Å².